The summed E-state index contributed by atoms with van der Waals surface area (Å²) in [4.78, 5) is 11.9. The third kappa shape index (κ3) is 4.58. The third-order valence-electron chi connectivity index (χ3n) is 3.56. The summed E-state index contributed by atoms with van der Waals surface area (Å²) in [6, 6.07) is 9.34. The number of amides is 1. The molecule has 1 aliphatic rings. The van der Waals surface area contributed by atoms with Gasteiger partial charge in [0.15, 0.2) is 0 Å². The first-order chi connectivity index (χ1) is 8.95. The second kappa shape index (κ2) is 5.64. The highest BCUT2D eigenvalue weighted by Crippen LogP contribution is 2.37. The number of para-hydroxylation sites is 1. The number of nitrogens with one attached hydrogen (secondary N) is 1. The summed E-state index contributed by atoms with van der Waals surface area (Å²) in [7, 11) is 0. The Hall–Kier alpha value is -1.51. The van der Waals surface area contributed by atoms with Gasteiger partial charge in [-0.05, 0) is 29.9 Å². The number of hydrogen-bond donors (Lipinski definition) is 1. The van der Waals surface area contributed by atoms with Gasteiger partial charge in [0.1, 0.15) is 5.75 Å². The standard InChI is InChI=1S/C16H23NO2/c1-16(2,3)14(11-12-9-10-12)17-15(18)19-13-7-5-4-6-8-13/h4-8,12,14H,9-11H2,1-3H3,(H,17,18). The molecular weight excluding hydrogens is 238 g/mol. The predicted molar refractivity (Wildman–Crippen MR) is 76.2 cm³/mol. The Balaban J connectivity index is 1.91. The van der Waals surface area contributed by atoms with Crippen LogP contribution in [0.3, 0.4) is 0 Å². The molecule has 0 radical (unpaired) electrons. The summed E-state index contributed by atoms with van der Waals surface area (Å²) in [5, 5.41) is 3.02. The molecular formula is C16H23NO2. The molecule has 1 aromatic rings. The maximum atomic E-state index is 11.9. The number of carbonyl (C=O) groups excluding carboxylic acids is 1. The first-order valence-electron chi connectivity index (χ1n) is 6.98. The van der Waals surface area contributed by atoms with Gasteiger partial charge in [0.05, 0.1) is 0 Å². The van der Waals surface area contributed by atoms with Crippen LogP contribution in [0, 0.1) is 11.3 Å². The molecule has 0 bridgehead atoms. The Morgan fingerprint density at radius 2 is 1.95 bits per heavy atom. The Morgan fingerprint density at radius 3 is 2.47 bits per heavy atom. The van der Waals surface area contributed by atoms with E-state index in [1.54, 1.807) is 12.1 Å². The molecule has 1 aromatic carbocycles. The molecule has 1 amide bonds. The molecule has 1 unspecified atom stereocenters. The Morgan fingerprint density at radius 1 is 1.32 bits per heavy atom. The van der Waals surface area contributed by atoms with Crippen LogP contribution in [0.2, 0.25) is 0 Å². The lowest BCUT2D eigenvalue weighted by atomic mass is 9.83. The summed E-state index contributed by atoms with van der Waals surface area (Å²) >= 11 is 0. The van der Waals surface area contributed by atoms with Crippen LogP contribution in [0.1, 0.15) is 40.0 Å². The van der Waals surface area contributed by atoms with E-state index in [0.717, 1.165) is 12.3 Å². The van der Waals surface area contributed by atoms with Crippen molar-refractivity contribution in [2.45, 2.75) is 46.1 Å². The van der Waals surface area contributed by atoms with Crippen LogP contribution in [-0.4, -0.2) is 12.1 Å². The molecule has 1 atom stereocenters. The molecule has 1 saturated carbocycles. The van der Waals surface area contributed by atoms with Crippen LogP contribution in [0.15, 0.2) is 30.3 Å². The van der Waals surface area contributed by atoms with Crippen molar-refractivity contribution < 1.29 is 9.53 Å². The van der Waals surface area contributed by atoms with Crippen molar-refractivity contribution in [2.24, 2.45) is 11.3 Å². The minimum absolute atomic E-state index is 0.0539. The summed E-state index contributed by atoms with van der Waals surface area (Å²) in [5.74, 6) is 1.36. The summed E-state index contributed by atoms with van der Waals surface area (Å²) in [6.45, 7) is 6.47. The van der Waals surface area contributed by atoms with Gasteiger partial charge in [-0.3, -0.25) is 0 Å². The van der Waals surface area contributed by atoms with Crippen molar-refractivity contribution >= 4 is 6.09 Å². The molecule has 104 valence electrons. The average Bonchev–Trinajstić information content (AvgIpc) is 3.12. The Kier molecular flexibility index (Phi) is 4.13. The molecule has 0 spiro atoms. The zero-order valence-corrected chi connectivity index (χ0v) is 12.0. The van der Waals surface area contributed by atoms with Gasteiger partial charge >= 0.3 is 6.09 Å². The second-order valence-corrected chi connectivity index (χ2v) is 6.44. The van der Waals surface area contributed by atoms with Crippen LogP contribution >= 0.6 is 0 Å². The first kappa shape index (κ1) is 13.9. The molecule has 0 saturated heterocycles. The summed E-state index contributed by atoms with van der Waals surface area (Å²) in [6.07, 6.45) is 3.28. The van der Waals surface area contributed by atoms with E-state index in [1.807, 2.05) is 18.2 Å². The van der Waals surface area contributed by atoms with Crippen LogP contribution < -0.4 is 10.1 Å². The number of carbonyl (C=O) groups is 1. The molecule has 3 heteroatoms. The van der Waals surface area contributed by atoms with E-state index in [-0.39, 0.29) is 17.6 Å². The number of ether oxygens (including phenoxy) is 1. The second-order valence-electron chi connectivity index (χ2n) is 6.44. The SMILES string of the molecule is CC(C)(C)C(CC1CC1)NC(=O)Oc1ccccc1. The summed E-state index contributed by atoms with van der Waals surface area (Å²) in [5.41, 5.74) is 0.0539. The molecule has 1 N–H and O–H groups in total. The lowest BCUT2D eigenvalue weighted by Crippen LogP contribution is -2.45. The Bertz CT molecular complexity index is 418. The molecule has 0 heterocycles. The van der Waals surface area contributed by atoms with E-state index < -0.39 is 0 Å². The van der Waals surface area contributed by atoms with Gasteiger partial charge in [-0.15, -0.1) is 0 Å². The normalized spacial score (nSPS) is 16.8. The van der Waals surface area contributed by atoms with Crippen molar-refractivity contribution in [1.29, 1.82) is 0 Å². The van der Waals surface area contributed by atoms with Crippen molar-refractivity contribution in [3.8, 4) is 5.75 Å². The fourth-order valence-electron chi connectivity index (χ4n) is 2.08. The lowest BCUT2D eigenvalue weighted by molar-refractivity contribution is 0.176. The minimum atomic E-state index is -0.355. The van der Waals surface area contributed by atoms with Crippen LogP contribution in [0.5, 0.6) is 5.75 Å². The third-order valence-corrected chi connectivity index (χ3v) is 3.56. The highest BCUT2D eigenvalue weighted by Gasteiger charge is 2.33. The first-order valence-corrected chi connectivity index (χ1v) is 6.98. The monoisotopic (exact) mass is 261 g/mol. The van der Waals surface area contributed by atoms with Crippen molar-refractivity contribution in [3.63, 3.8) is 0 Å². The van der Waals surface area contributed by atoms with Crippen LogP contribution in [-0.2, 0) is 0 Å². The fraction of sp³-hybridized carbons (Fsp3) is 0.562. The van der Waals surface area contributed by atoms with E-state index in [0.29, 0.717) is 5.75 Å². The highest BCUT2D eigenvalue weighted by atomic mass is 16.6. The molecule has 1 aliphatic carbocycles. The van der Waals surface area contributed by atoms with E-state index in [1.165, 1.54) is 12.8 Å². The molecule has 19 heavy (non-hydrogen) atoms. The molecule has 1 fully saturated rings. The zero-order chi connectivity index (χ0) is 13.9. The van der Waals surface area contributed by atoms with E-state index in [2.05, 4.69) is 26.1 Å². The highest BCUT2D eigenvalue weighted by molar-refractivity contribution is 5.70. The predicted octanol–water partition coefficient (Wildman–Crippen LogP) is 3.99. The van der Waals surface area contributed by atoms with E-state index in [4.69, 9.17) is 4.74 Å². The van der Waals surface area contributed by atoms with E-state index >= 15 is 0 Å². The maximum absolute atomic E-state index is 11.9. The minimum Gasteiger partial charge on any atom is -0.410 e. The fourth-order valence-corrected chi connectivity index (χ4v) is 2.08. The van der Waals surface area contributed by atoms with E-state index in [9.17, 15) is 4.79 Å². The topological polar surface area (TPSA) is 38.3 Å². The smallest absolute Gasteiger partial charge is 0.410 e. The molecule has 3 nitrogen and oxygen atoms in total. The van der Waals surface area contributed by atoms with Gasteiger partial charge in [0.2, 0.25) is 0 Å². The molecule has 0 aliphatic heterocycles. The zero-order valence-electron chi connectivity index (χ0n) is 12.0. The maximum Gasteiger partial charge on any atom is 0.412 e. The molecule has 2 rings (SSSR count). The summed E-state index contributed by atoms with van der Waals surface area (Å²) < 4.78 is 5.29. The van der Waals surface area contributed by atoms with Crippen LogP contribution in [0.25, 0.3) is 0 Å². The molecule has 0 aromatic heterocycles. The lowest BCUT2D eigenvalue weighted by Gasteiger charge is -2.31. The quantitative estimate of drug-likeness (QED) is 0.890. The van der Waals surface area contributed by atoms with Gasteiger partial charge in [-0.1, -0.05) is 51.8 Å². The number of rotatable bonds is 4. The number of hydrogen-bond acceptors (Lipinski definition) is 2. The van der Waals surface area contributed by atoms with Crippen molar-refractivity contribution in [1.82, 2.24) is 5.32 Å². The van der Waals surface area contributed by atoms with Gasteiger partial charge < -0.3 is 10.1 Å². The van der Waals surface area contributed by atoms with Crippen LogP contribution in [0.4, 0.5) is 4.79 Å². The van der Waals surface area contributed by atoms with Gasteiger partial charge in [-0.2, -0.15) is 0 Å². The Labute approximate surface area is 115 Å². The van der Waals surface area contributed by atoms with Crippen molar-refractivity contribution in [2.75, 3.05) is 0 Å². The van der Waals surface area contributed by atoms with Gasteiger partial charge in [-0.25, -0.2) is 4.79 Å². The number of benzene rings is 1. The van der Waals surface area contributed by atoms with Crippen molar-refractivity contribution in [3.05, 3.63) is 30.3 Å². The largest absolute Gasteiger partial charge is 0.412 e. The van der Waals surface area contributed by atoms with Gasteiger partial charge in [0.25, 0.3) is 0 Å². The van der Waals surface area contributed by atoms with Gasteiger partial charge in [0, 0.05) is 6.04 Å². The average molecular weight is 261 g/mol.